The monoisotopic (exact) mass is 933 g/mol. The number of esters is 3. The van der Waals surface area contributed by atoms with Gasteiger partial charge in [-0.25, -0.2) is 0 Å². The van der Waals surface area contributed by atoms with Crippen LogP contribution in [-0.2, 0) is 28.6 Å². The van der Waals surface area contributed by atoms with Crippen LogP contribution in [0.15, 0.2) is 0 Å². The predicted molar refractivity (Wildman–Crippen MR) is 284 cm³/mol. The van der Waals surface area contributed by atoms with Gasteiger partial charge in [-0.3, -0.25) is 14.4 Å². The Morgan fingerprint density at radius 3 is 0.788 bits per heavy atom. The summed E-state index contributed by atoms with van der Waals surface area (Å²) in [7, 11) is 0. The Balaban J connectivity index is 4.22. The molecule has 2 atom stereocenters. The molecular weight excluding hydrogens is 817 g/mol. The lowest BCUT2D eigenvalue weighted by molar-refractivity contribution is -0.167. The van der Waals surface area contributed by atoms with E-state index in [2.05, 4.69) is 27.7 Å². The molecule has 6 heteroatoms. The van der Waals surface area contributed by atoms with Crippen molar-refractivity contribution in [1.82, 2.24) is 0 Å². The molecule has 0 spiro atoms. The van der Waals surface area contributed by atoms with Crippen LogP contribution in [0.4, 0.5) is 0 Å². The van der Waals surface area contributed by atoms with Crippen molar-refractivity contribution in [2.24, 2.45) is 5.92 Å². The number of ether oxygens (including phenoxy) is 3. The number of unbranched alkanes of at least 4 members (excludes halogenated alkanes) is 41. The Morgan fingerprint density at radius 2 is 0.530 bits per heavy atom. The van der Waals surface area contributed by atoms with E-state index in [1.165, 1.54) is 238 Å². The van der Waals surface area contributed by atoms with Gasteiger partial charge in [-0.2, -0.15) is 0 Å². The van der Waals surface area contributed by atoms with Crippen LogP contribution in [0.25, 0.3) is 0 Å². The number of carbonyl (C=O) groups excluding carboxylic acids is 3. The third-order valence-electron chi connectivity index (χ3n) is 14.2. The smallest absolute Gasteiger partial charge is 0.306 e. The Morgan fingerprint density at radius 1 is 0.303 bits per heavy atom. The van der Waals surface area contributed by atoms with Gasteiger partial charge in [0.05, 0.1) is 0 Å². The fraction of sp³-hybridized carbons (Fsp3) is 0.950. The number of hydrogen-bond acceptors (Lipinski definition) is 6. The van der Waals surface area contributed by atoms with Gasteiger partial charge in [0, 0.05) is 19.3 Å². The molecule has 0 fully saturated rings. The molecule has 0 aromatic heterocycles. The minimum absolute atomic E-state index is 0.0616. The van der Waals surface area contributed by atoms with Crippen molar-refractivity contribution in [2.75, 3.05) is 13.2 Å². The third kappa shape index (κ3) is 51.8. The summed E-state index contributed by atoms with van der Waals surface area (Å²) in [6, 6.07) is 0. The van der Waals surface area contributed by atoms with Crippen molar-refractivity contribution in [1.29, 1.82) is 0 Å². The minimum Gasteiger partial charge on any atom is -0.462 e. The Labute approximate surface area is 412 Å². The van der Waals surface area contributed by atoms with E-state index in [0.29, 0.717) is 19.3 Å². The molecule has 66 heavy (non-hydrogen) atoms. The van der Waals surface area contributed by atoms with Gasteiger partial charge in [0.15, 0.2) is 6.10 Å². The summed E-state index contributed by atoms with van der Waals surface area (Å²) in [6.45, 7) is 9.11. The van der Waals surface area contributed by atoms with Gasteiger partial charge in [0.25, 0.3) is 0 Å². The first kappa shape index (κ1) is 64.4. The van der Waals surface area contributed by atoms with Gasteiger partial charge in [-0.15, -0.1) is 0 Å². The normalized spacial score (nSPS) is 12.4. The zero-order chi connectivity index (χ0) is 48.1. The number of carbonyl (C=O) groups is 3. The largest absolute Gasteiger partial charge is 0.462 e. The van der Waals surface area contributed by atoms with Crippen LogP contribution in [0.1, 0.15) is 342 Å². The van der Waals surface area contributed by atoms with Crippen LogP contribution in [0.3, 0.4) is 0 Å². The molecule has 0 N–H and O–H groups in total. The molecule has 0 bridgehead atoms. The van der Waals surface area contributed by atoms with Crippen molar-refractivity contribution in [2.45, 2.75) is 348 Å². The molecule has 0 aromatic carbocycles. The van der Waals surface area contributed by atoms with Gasteiger partial charge >= 0.3 is 17.9 Å². The van der Waals surface area contributed by atoms with Gasteiger partial charge in [0.2, 0.25) is 0 Å². The highest BCUT2D eigenvalue weighted by Gasteiger charge is 2.19. The van der Waals surface area contributed by atoms with E-state index in [9.17, 15) is 14.4 Å². The molecule has 6 nitrogen and oxygen atoms in total. The quantitative estimate of drug-likeness (QED) is 0.0343. The van der Waals surface area contributed by atoms with Crippen molar-refractivity contribution >= 4 is 17.9 Å². The van der Waals surface area contributed by atoms with Crippen LogP contribution in [0.5, 0.6) is 0 Å². The van der Waals surface area contributed by atoms with E-state index in [1.807, 2.05) is 0 Å². The lowest BCUT2D eigenvalue weighted by Gasteiger charge is -2.18. The van der Waals surface area contributed by atoms with E-state index in [0.717, 1.165) is 63.7 Å². The van der Waals surface area contributed by atoms with E-state index >= 15 is 0 Å². The molecule has 392 valence electrons. The van der Waals surface area contributed by atoms with Crippen LogP contribution >= 0.6 is 0 Å². The Bertz CT molecular complexity index is 998. The van der Waals surface area contributed by atoms with Crippen molar-refractivity contribution in [3.05, 3.63) is 0 Å². The summed E-state index contributed by atoms with van der Waals surface area (Å²) in [5.41, 5.74) is 0. The van der Waals surface area contributed by atoms with Gasteiger partial charge in [0.1, 0.15) is 13.2 Å². The first-order chi connectivity index (χ1) is 32.4. The summed E-state index contributed by atoms with van der Waals surface area (Å²) in [5, 5.41) is 0. The molecule has 0 aliphatic rings. The first-order valence-electron chi connectivity index (χ1n) is 29.9. The molecule has 0 amide bonds. The highest BCUT2D eigenvalue weighted by atomic mass is 16.6. The molecular formula is C60H116O6. The Hall–Kier alpha value is -1.59. The maximum atomic E-state index is 12.9. The predicted octanol–water partition coefficient (Wildman–Crippen LogP) is 19.8. The summed E-state index contributed by atoms with van der Waals surface area (Å²) in [6.07, 6.45) is 59.5. The van der Waals surface area contributed by atoms with Crippen molar-refractivity contribution < 1.29 is 28.6 Å². The van der Waals surface area contributed by atoms with Crippen LogP contribution in [0.2, 0.25) is 0 Å². The third-order valence-corrected chi connectivity index (χ3v) is 14.2. The van der Waals surface area contributed by atoms with Crippen LogP contribution in [-0.4, -0.2) is 37.2 Å². The lowest BCUT2D eigenvalue weighted by atomic mass is 9.99. The zero-order valence-corrected chi connectivity index (χ0v) is 45.2. The topological polar surface area (TPSA) is 78.9 Å². The van der Waals surface area contributed by atoms with Crippen LogP contribution < -0.4 is 0 Å². The van der Waals surface area contributed by atoms with E-state index < -0.39 is 6.10 Å². The fourth-order valence-electron chi connectivity index (χ4n) is 9.25. The number of hydrogen-bond donors (Lipinski definition) is 0. The second kappa shape index (κ2) is 54.4. The van der Waals surface area contributed by atoms with E-state index in [-0.39, 0.29) is 31.1 Å². The summed E-state index contributed by atoms with van der Waals surface area (Å²) >= 11 is 0. The summed E-state index contributed by atoms with van der Waals surface area (Å²) in [4.78, 5) is 38.1. The molecule has 1 unspecified atom stereocenters. The molecule has 0 aromatic rings. The van der Waals surface area contributed by atoms with E-state index in [4.69, 9.17) is 14.2 Å². The molecule has 0 rings (SSSR count). The van der Waals surface area contributed by atoms with Crippen LogP contribution in [0, 0.1) is 5.92 Å². The standard InChI is InChI=1S/C60H116O6/c1-5-8-10-12-14-16-18-19-24-28-32-36-40-44-48-52-59(62)65-55-57(54-64-58(61)51-47-43-39-35-30-17-15-13-11-9-6-2)66-60(63)53-49-45-41-37-33-29-26-23-21-20-22-25-27-31-34-38-42-46-50-56(4)7-3/h56-57H,5-55H2,1-4H3/t56?,57-/m0/s1. The maximum Gasteiger partial charge on any atom is 0.306 e. The number of rotatable bonds is 55. The second-order valence-electron chi connectivity index (χ2n) is 20.9. The maximum absolute atomic E-state index is 12.9. The Kier molecular flexibility index (Phi) is 53.0. The van der Waals surface area contributed by atoms with Crippen molar-refractivity contribution in [3.63, 3.8) is 0 Å². The molecule has 0 saturated heterocycles. The van der Waals surface area contributed by atoms with Gasteiger partial charge in [-0.1, -0.05) is 304 Å². The van der Waals surface area contributed by atoms with Crippen molar-refractivity contribution in [3.8, 4) is 0 Å². The SMILES string of the molecule is CCCCCCCCCCCCCCCCCC(=O)OC[C@H](COC(=O)CCCCCCCCCCCCC)OC(=O)CCCCCCCCCCCCCCCCCCCCC(C)CC. The van der Waals surface area contributed by atoms with E-state index in [1.54, 1.807) is 0 Å². The average molecular weight is 934 g/mol. The summed E-state index contributed by atoms with van der Waals surface area (Å²) in [5.74, 6) is 0.0750. The second-order valence-corrected chi connectivity index (χ2v) is 20.9. The first-order valence-corrected chi connectivity index (χ1v) is 29.9. The molecule has 0 aliphatic carbocycles. The minimum atomic E-state index is -0.761. The zero-order valence-electron chi connectivity index (χ0n) is 45.2. The molecule has 0 radical (unpaired) electrons. The lowest BCUT2D eigenvalue weighted by Crippen LogP contribution is -2.30. The fourth-order valence-corrected chi connectivity index (χ4v) is 9.25. The average Bonchev–Trinajstić information content (AvgIpc) is 3.32. The van der Waals surface area contributed by atoms with Gasteiger partial charge < -0.3 is 14.2 Å². The highest BCUT2D eigenvalue weighted by molar-refractivity contribution is 5.71. The van der Waals surface area contributed by atoms with Gasteiger partial charge in [-0.05, 0) is 25.2 Å². The highest BCUT2D eigenvalue weighted by Crippen LogP contribution is 2.19. The molecule has 0 saturated carbocycles. The summed E-state index contributed by atoms with van der Waals surface area (Å²) < 4.78 is 16.9. The molecule has 0 aliphatic heterocycles. The molecule has 0 heterocycles.